The van der Waals surface area contributed by atoms with Crippen molar-refractivity contribution in [3.63, 3.8) is 0 Å². The number of hydrogen-bond acceptors (Lipinski definition) is 3. The predicted molar refractivity (Wildman–Crippen MR) is 43.0 cm³/mol. The van der Waals surface area contributed by atoms with Gasteiger partial charge in [0.1, 0.15) is 4.64 Å². The van der Waals surface area contributed by atoms with Gasteiger partial charge in [-0.2, -0.15) is 0 Å². The summed E-state index contributed by atoms with van der Waals surface area (Å²) in [6.07, 6.45) is 1.45. The summed E-state index contributed by atoms with van der Waals surface area (Å²) in [5.74, 6) is -1.07. The minimum atomic E-state index is -1.07. The summed E-state index contributed by atoms with van der Waals surface area (Å²) in [5.41, 5.74) is 5.51. The molecule has 0 aromatic carbocycles. The van der Waals surface area contributed by atoms with E-state index in [1.165, 1.54) is 12.3 Å². The first-order chi connectivity index (χ1) is 5.13. The number of pyridine rings is 1. The molecule has 1 aromatic rings. The van der Waals surface area contributed by atoms with E-state index in [1.54, 1.807) is 0 Å². The molecule has 0 amide bonds. The van der Waals surface area contributed by atoms with Crippen LogP contribution in [-0.2, 0) is 0 Å². The molecule has 58 valence electrons. The zero-order chi connectivity index (χ0) is 8.43. The summed E-state index contributed by atoms with van der Waals surface area (Å²) >= 11 is 4.72. The quantitative estimate of drug-likeness (QED) is 0.550. The molecule has 0 saturated carbocycles. The van der Waals surface area contributed by atoms with Gasteiger partial charge in [-0.15, -0.1) is 0 Å². The Morgan fingerprint density at radius 1 is 1.73 bits per heavy atom. The molecule has 1 rings (SSSR count). The number of H-pyrrole nitrogens is 1. The molecule has 5 heteroatoms. The van der Waals surface area contributed by atoms with Crippen LogP contribution in [0.4, 0.5) is 5.69 Å². The van der Waals surface area contributed by atoms with Gasteiger partial charge in [-0.3, -0.25) is 0 Å². The van der Waals surface area contributed by atoms with Crippen LogP contribution >= 0.6 is 12.2 Å². The highest BCUT2D eigenvalue weighted by atomic mass is 32.1. The summed E-state index contributed by atoms with van der Waals surface area (Å²) in [6.45, 7) is 0. The Bertz CT molecular complexity index is 345. The Hall–Kier alpha value is -1.36. The SMILES string of the molecule is Nc1c(C(=O)O)cc[nH]c1=S. The number of nitrogens with one attached hydrogen (secondary N) is 1. The first-order valence-electron chi connectivity index (χ1n) is 2.83. The molecule has 11 heavy (non-hydrogen) atoms. The maximum Gasteiger partial charge on any atom is 0.337 e. The highest BCUT2D eigenvalue weighted by Gasteiger charge is 2.06. The number of anilines is 1. The van der Waals surface area contributed by atoms with E-state index in [0.717, 1.165) is 0 Å². The monoisotopic (exact) mass is 170 g/mol. The van der Waals surface area contributed by atoms with Crippen LogP contribution in [0.15, 0.2) is 12.3 Å². The molecule has 0 bridgehead atoms. The fourth-order valence-electron chi connectivity index (χ4n) is 0.677. The minimum Gasteiger partial charge on any atom is -0.478 e. The van der Waals surface area contributed by atoms with Crippen molar-refractivity contribution in [2.45, 2.75) is 0 Å². The normalized spacial score (nSPS) is 9.45. The number of carboxylic acid groups (broad SMARTS) is 1. The third-order valence-corrected chi connectivity index (χ3v) is 1.57. The fraction of sp³-hybridized carbons (Fsp3) is 0. The summed E-state index contributed by atoms with van der Waals surface area (Å²) in [6, 6.07) is 1.37. The number of aromatic nitrogens is 1. The van der Waals surface area contributed by atoms with Gasteiger partial charge < -0.3 is 15.8 Å². The number of rotatable bonds is 1. The van der Waals surface area contributed by atoms with Gasteiger partial charge in [0.2, 0.25) is 0 Å². The molecule has 0 fully saturated rings. The first-order valence-corrected chi connectivity index (χ1v) is 3.24. The van der Waals surface area contributed by atoms with Crippen LogP contribution in [-0.4, -0.2) is 16.1 Å². The third kappa shape index (κ3) is 1.38. The van der Waals surface area contributed by atoms with Crippen molar-refractivity contribution in [2.75, 3.05) is 5.73 Å². The lowest BCUT2D eigenvalue weighted by Gasteiger charge is -1.97. The second-order valence-electron chi connectivity index (χ2n) is 1.94. The molecular formula is C6H6N2O2S. The van der Waals surface area contributed by atoms with Gasteiger partial charge in [-0.25, -0.2) is 4.79 Å². The number of nitrogen functional groups attached to an aromatic ring is 1. The summed E-state index contributed by atoms with van der Waals surface area (Å²) < 4.78 is 0.255. The topological polar surface area (TPSA) is 79.1 Å². The Labute approximate surface area is 67.7 Å². The van der Waals surface area contributed by atoms with Gasteiger partial charge >= 0.3 is 5.97 Å². The molecule has 0 unspecified atom stereocenters. The van der Waals surface area contributed by atoms with Crippen LogP contribution < -0.4 is 5.73 Å². The molecule has 0 saturated heterocycles. The average Bonchev–Trinajstić information content (AvgIpc) is 1.94. The number of carboxylic acids is 1. The smallest absolute Gasteiger partial charge is 0.337 e. The lowest BCUT2D eigenvalue weighted by molar-refractivity contribution is 0.0698. The van der Waals surface area contributed by atoms with Crippen LogP contribution in [0.3, 0.4) is 0 Å². The van der Waals surface area contributed by atoms with E-state index in [9.17, 15) is 4.79 Å². The molecule has 1 aromatic heterocycles. The zero-order valence-electron chi connectivity index (χ0n) is 5.50. The summed E-state index contributed by atoms with van der Waals surface area (Å²) in [5, 5.41) is 8.55. The van der Waals surface area contributed by atoms with E-state index in [-0.39, 0.29) is 15.9 Å². The van der Waals surface area contributed by atoms with Crippen molar-refractivity contribution in [3.05, 3.63) is 22.5 Å². The first kappa shape index (κ1) is 7.74. The van der Waals surface area contributed by atoms with E-state index in [4.69, 9.17) is 23.1 Å². The fourth-order valence-corrected chi connectivity index (χ4v) is 0.855. The molecule has 0 aliphatic carbocycles. The number of carbonyl (C=O) groups is 1. The number of nitrogens with two attached hydrogens (primary N) is 1. The van der Waals surface area contributed by atoms with Crippen molar-refractivity contribution in [2.24, 2.45) is 0 Å². The van der Waals surface area contributed by atoms with Gasteiger partial charge in [-0.05, 0) is 6.07 Å². The van der Waals surface area contributed by atoms with E-state index in [1.807, 2.05) is 0 Å². The van der Waals surface area contributed by atoms with Crippen molar-refractivity contribution in [1.29, 1.82) is 0 Å². The van der Waals surface area contributed by atoms with Gasteiger partial charge in [0, 0.05) is 6.20 Å². The lowest BCUT2D eigenvalue weighted by Crippen LogP contribution is -2.03. The predicted octanol–water partition coefficient (Wildman–Crippen LogP) is 1.02. The molecule has 0 radical (unpaired) electrons. The van der Waals surface area contributed by atoms with E-state index >= 15 is 0 Å². The van der Waals surface area contributed by atoms with Crippen LogP contribution in [0, 0.1) is 4.64 Å². The second kappa shape index (κ2) is 2.71. The highest BCUT2D eigenvalue weighted by Crippen LogP contribution is 2.09. The van der Waals surface area contributed by atoms with Gasteiger partial charge in [-0.1, -0.05) is 12.2 Å². The summed E-state index contributed by atoms with van der Waals surface area (Å²) in [4.78, 5) is 13.1. The Kier molecular flexibility index (Phi) is 1.91. The summed E-state index contributed by atoms with van der Waals surface area (Å²) in [7, 11) is 0. The van der Waals surface area contributed by atoms with E-state index < -0.39 is 5.97 Å². The van der Waals surface area contributed by atoms with Crippen molar-refractivity contribution in [3.8, 4) is 0 Å². The van der Waals surface area contributed by atoms with Crippen LogP contribution in [0.1, 0.15) is 10.4 Å². The number of aromatic amines is 1. The Balaban J connectivity index is 3.39. The molecule has 0 spiro atoms. The molecular weight excluding hydrogens is 164 g/mol. The van der Waals surface area contributed by atoms with Gasteiger partial charge in [0.25, 0.3) is 0 Å². The molecule has 0 atom stereocenters. The van der Waals surface area contributed by atoms with Crippen LogP contribution in [0.5, 0.6) is 0 Å². The molecule has 1 heterocycles. The lowest BCUT2D eigenvalue weighted by atomic mass is 10.2. The number of hydrogen-bond donors (Lipinski definition) is 3. The van der Waals surface area contributed by atoms with Gasteiger partial charge in [0.05, 0.1) is 11.3 Å². The van der Waals surface area contributed by atoms with Crippen LogP contribution in [0.25, 0.3) is 0 Å². The van der Waals surface area contributed by atoms with Gasteiger partial charge in [0.15, 0.2) is 0 Å². The Morgan fingerprint density at radius 3 is 2.82 bits per heavy atom. The third-order valence-electron chi connectivity index (χ3n) is 1.23. The van der Waals surface area contributed by atoms with Crippen molar-refractivity contribution in [1.82, 2.24) is 4.98 Å². The molecule has 0 aliphatic heterocycles. The van der Waals surface area contributed by atoms with Crippen molar-refractivity contribution >= 4 is 23.9 Å². The standard InChI is InChI=1S/C6H6N2O2S/c7-4-3(6(9)10)1-2-8-5(4)11/h1-2H,7H2,(H,8,11)(H,9,10). The largest absolute Gasteiger partial charge is 0.478 e. The minimum absolute atomic E-state index is 0.0359. The average molecular weight is 170 g/mol. The second-order valence-corrected chi connectivity index (χ2v) is 2.35. The van der Waals surface area contributed by atoms with E-state index in [0.29, 0.717) is 0 Å². The maximum atomic E-state index is 10.4. The van der Waals surface area contributed by atoms with Crippen LogP contribution in [0.2, 0.25) is 0 Å². The molecule has 4 nitrogen and oxygen atoms in total. The molecule has 4 N–H and O–H groups in total. The van der Waals surface area contributed by atoms with E-state index in [2.05, 4.69) is 4.98 Å². The number of aromatic carboxylic acids is 1. The zero-order valence-corrected chi connectivity index (χ0v) is 6.31. The maximum absolute atomic E-state index is 10.4. The highest BCUT2D eigenvalue weighted by molar-refractivity contribution is 7.71. The molecule has 0 aliphatic rings. The van der Waals surface area contributed by atoms with Crippen molar-refractivity contribution < 1.29 is 9.90 Å². The Morgan fingerprint density at radius 2 is 2.36 bits per heavy atom.